The number of ether oxygens (including phenoxy) is 1. The fraction of sp³-hybridized carbons (Fsp3) is 0.0714. The maximum absolute atomic E-state index is 5.41. The topological polar surface area (TPSA) is 39.9 Å². The van der Waals surface area contributed by atoms with E-state index >= 15 is 0 Å². The fourth-order valence-corrected chi connectivity index (χ4v) is 4.77. The first-order valence-corrected chi connectivity index (χ1v) is 11.7. The van der Waals surface area contributed by atoms with Crippen molar-refractivity contribution < 1.29 is 4.74 Å². The summed E-state index contributed by atoms with van der Waals surface area (Å²) in [5.41, 5.74) is 6.25. The van der Waals surface area contributed by atoms with Gasteiger partial charge >= 0.3 is 0 Å². The van der Waals surface area contributed by atoms with Gasteiger partial charge in [-0.25, -0.2) is 4.68 Å². The van der Waals surface area contributed by atoms with Gasteiger partial charge in [-0.3, -0.25) is 0 Å². The third-order valence-electron chi connectivity index (χ3n) is 5.46. The first-order chi connectivity index (χ1) is 16.3. The predicted octanol–water partition coefficient (Wildman–Crippen LogP) is 6.65. The van der Waals surface area contributed by atoms with Crippen molar-refractivity contribution in [2.24, 2.45) is 0 Å². The molecule has 0 aliphatic heterocycles. The first kappa shape index (κ1) is 21.0. The normalized spacial score (nSPS) is 11.9. The molecule has 0 saturated carbocycles. The average Bonchev–Trinajstić information content (AvgIpc) is 3.31. The van der Waals surface area contributed by atoms with Crippen molar-refractivity contribution in [3.63, 3.8) is 0 Å². The van der Waals surface area contributed by atoms with E-state index in [9.17, 15) is 0 Å². The molecule has 5 rings (SSSR count). The zero-order chi connectivity index (χ0) is 22.5. The number of rotatable bonds is 7. The SMILES string of the molecule is COc1ccc(/C(=C(/CSc2ccccc2)c2ccccc2)n2nnc3ccccc32)cc1. The Morgan fingerprint density at radius 3 is 2.15 bits per heavy atom. The summed E-state index contributed by atoms with van der Waals surface area (Å²) in [4.78, 5) is 1.23. The van der Waals surface area contributed by atoms with Crippen LogP contribution in [0, 0.1) is 0 Å². The number of aromatic nitrogens is 3. The molecule has 0 atom stereocenters. The van der Waals surface area contributed by atoms with Crippen molar-refractivity contribution in [3.05, 3.63) is 120 Å². The number of hydrogen-bond acceptors (Lipinski definition) is 4. The Bertz CT molecular complexity index is 1380. The van der Waals surface area contributed by atoms with Gasteiger partial charge < -0.3 is 4.74 Å². The summed E-state index contributed by atoms with van der Waals surface area (Å²) in [6.45, 7) is 0. The summed E-state index contributed by atoms with van der Waals surface area (Å²) in [5.74, 6) is 1.60. The lowest BCUT2D eigenvalue weighted by atomic mass is 10.0. The predicted molar refractivity (Wildman–Crippen MR) is 136 cm³/mol. The summed E-state index contributed by atoms with van der Waals surface area (Å²) in [6.07, 6.45) is 0. The Morgan fingerprint density at radius 1 is 0.758 bits per heavy atom. The molecule has 4 aromatic carbocycles. The third kappa shape index (κ3) is 4.54. The van der Waals surface area contributed by atoms with Gasteiger partial charge in [0.05, 0.1) is 18.3 Å². The molecule has 5 aromatic rings. The minimum atomic E-state index is 0.781. The maximum Gasteiger partial charge on any atom is 0.118 e. The summed E-state index contributed by atoms with van der Waals surface area (Å²) in [6, 6.07) is 37.2. The number of nitrogens with zero attached hydrogens (tertiary/aromatic N) is 3. The van der Waals surface area contributed by atoms with Gasteiger partial charge in [-0.1, -0.05) is 65.9 Å². The van der Waals surface area contributed by atoms with Crippen molar-refractivity contribution in [1.82, 2.24) is 15.0 Å². The molecule has 0 aliphatic carbocycles. The van der Waals surface area contributed by atoms with Crippen molar-refractivity contribution in [2.75, 3.05) is 12.9 Å². The van der Waals surface area contributed by atoms with Gasteiger partial charge in [-0.15, -0.1) is 16.9 Å². The molecule has 0 radical (unpaired) electrons. The zero-order valence-electron chi connectivity index (χ0n) is 18.3. The second-order valence-electron chi connectivity index (χ2n) is 7.51. The van der Waals surface area contributed by atoms with Crippen molar-refractivity contribution in [1.29, 1.82) is 0 Å². The number of hydrogen-bond donors (Lipinski definition) is 0. The van der Waals surface area contributed by atoms with Crippen LogP contribution in [-0.4, -0.2) is 27.9 Å². The lowest BCUT2D eigenvalue weighted by Gasteiger charge is -2.17. The number of methoxy groups -OCH3 is 1. The molecular formula is C28H23N3OS. The monoisotopic (exact) mass is 449 g/mol. The zero-order valence-corrected chi connectivity index (χ0v) is 19.1. The molecule has 0 unspecified atom stereocenters. The Labute approximate surface area is 197 Å². The van der Waals surface area contributed by atoms with Crippen LogP contribution in [0.1, 0.15) is 11.1 Å². The van der Waals surface area contributed by atoms with Crippen LogP contribution in [-0.2, 0) is 0 Å². The van der Waals surface area contributed by atoms with Crippen molar-refractivity contribution in [3.8, 4) is 5.75 Å². The van der Waals surface area contributed by atoms with Crippen LogP contribution in [0.5, 0.6) is 5.75 Å². The fourth-order valence-electron chi connectivity index (χ4n) is 3.81. The van der Waals surface area contributed by atoms with Crippen LogP contribution in [0.2, 0.25) is 0 Å². The quantitative estimate of drug-likeness (QED) is 0.206. The molecule has 0 fully saturated rings. The van der Waals surface area contributed by atoms with Crippen LogP contribution >= 0.6 is 11.8 Å². The largest absolute Gasteiger partial charge is 0.497 e. The highest BCUT2D eigenvalue weighted by Crippen LogP contribution is 2.34. The summed E-state index contributed by atoms with van der Waals surface area (Å²) in [7, 11) is 1.68. The maximum atomic E-state index is 5.41. The molecule has 0 bridgehead atoms. The smallest absolute Gasteiger partial charge is 0.118 e. The van der Waals surface area contributed by atoms with Gasteiger partial charge in [0.15, 0.2) is 0 Å². The highest BCUT2D eigenvalue weighted by molar-refractivity contribution is 7.99. The van der Waals surface area contributed by atoms with Gasteiger partial charge in [0.2, 0.25) is 0 Å². The van der Waals surface area contributed by atoms with Gasteiger partial charge in [0, 0.05) is 16.2 Å². The van der Waals surface area contributed by atoms with E-state index in [0.29, 0.717) is 0 Å². The molecular weight excluding hydrogens is 426 g/mol. The first-order valence-electron chi connectivity index (χ1n) is 10.7. The van der Waals surface area contributed by atoms with E-state index in [2.05, 4.69) is 77.0 Å². The molecule has 5 heteroatoms. The minimum Gasteiger partial charge on any atom is -0.497 e. The van der Waals surface area contributed by atoms with E-state index in [1.807, 2.05) is 58.9 Å². The van der Waals surface area contributed by atoms with E-state index in [1.54, 1.807) is 7.11 Å². The minimum absolute atomic E-state index is 0.781. The molecule has 0 aliphatic rings. The Hall–Kier alpha value is -3.83. The Balaban J connectivity index is 1.73. The summed E-state index contributed by atoms with van der Waals surface area (Å²) in [5, 5.41) is 9.02. The Morgan fingerprint density at radius 2 is 1.42 bits per heavy atom. The highest BCUT2D eigenvalue weighted by Gasteiger charge is 2.18. The summed E-state index contributed by atoms with van der Waals surface area (Å²) < 4.78 is 7.37. The van der Waals surface area contributed by atoms with Crippen molar-refractivity contribution >= 4 is 34.1 Å². The Kier molecular flexibility index (Phi) is 6.22. The lowest BCUT2D eigenvalue weighted by molar-refractivity contribution is 0.415. The molecule has 0 amide bonds. The van der Waals surface area contributed by atoms with E-state index in [4.69, 9.17) is 4.74 Å². The molecule has 33 heavy (non-hydrogen) atoms. The van der Waals surface area contributed by atoms with Gasteiger partial charge in [-0.2, -0.15) is 0 Å². The molecule has 1 heterocycles. The van der Waals surface area contributed by atoms with Crippen LogP contribution in [0.15, 0.2) is 114 Å². The molecule has 4 nitrogen and oxygen atoms in total. The summed E-state index contributed by atoms with van der Waals surface area (Å²) >= 11 is 1.81. The standard InChI is InChI=1S/C28H23N3OS/c1-32-23-18-16-22(17-19-23)28(31-27-15-9-8-14-26(27)29-30-31)25(21-10-4-2-5-11-21)20-33-24-12-6-3-7-13-24/h2-19H,20H2,1H3/b28-25+. The molecule has 0 saturated heterocycles. The second kappa shape index (κ2) is 9.76. The number of benzene rings is 4. The third-order valence-corrected chi connectivity index (χ3v) is 6.50. The van der Waals surface area contributed by atoms with E-state index in [1.165, 1.54) is 10.5 Å². The van der Waals surface area contributed by atoms with E-state index in [-0.39, 0.29) is 0 Å². The van der Waals surface area contributed by atoms with Crippen LogP contribution in [0.4, 0.5) is 0 Å². The highest BCUT2D eigenvalue weighted by atomic mass is 32.2. The van der Waals surface area contributed by atoms with Gasteiger partial charge in [-0.05, 0) is 59.7 Å². The number of thioether (sulfide) groups is 1. The molecule has 0 spiro atoms. The molecule has 0 N–H and O–H groups in total. The van der Waals surface area contributed by atoms with Gasteiger partial charge in [0.1, 0.15) is 11.3 Å². The number of fused-ring (bicyclic) bond motifs is 1. The van der Waals surface area contributed by atoms with Gasteiger partial charge in [0.25, 0.3) is 0 Å². The van der Waals surface area contributed by atoms with Crippen LogP contribution in [0.3, 0.4) is 0 Å². The number of para-hydroxylation sites is 1. The van der Waals surface area contributed by atoms with E-state index < -0.39 is 0 Å². The second-order valence-corrected chi connectivity index (χ2v) is 8.56. The van der Waals surface area contributed by atoms with Crippen molar-refractivity contribution in [2.45, 2.75) is 4.90 Å². The van der Waals surface area contributed by atoms with Crippen LogP contribution in [0.25, 0.3) is 22.3 Å². The molecule has 162 valence electrons. The van der Waals surface area contributed by atoms with E-state index in [0.717, 1.165) is 39.4 Å². The average molecular weight is 450 g/mol. The molecule has 1 aromatic heterocycles. The lowest BCUT2D eigenvalue weighted by Crippen LogP contribution is -2.07. The van der Waals surface area contributed by atoms with Crippen LogP contribution < -0.4 is 4.74 Å².